The first-order chi connectivity index (χ1) is 15.0. The zero-order chi connectivity index (χ0) is 22.1. The Morgan fingerprint density at radius 2 is 1.77 bits per heavy atom. The molecule has 0 unspecified atom stereocenters. The number of nitrogens with one attached hydrogen (secondary N) is 2. The van der Waals surface area contributed by atoms with Gasteiger partial charge in [0.05, 0.1) is 22.9 Å². The summed E-state index contributed by atoms with van der Waals surface area (Å²) < 4.78 is 4.96. The van der Waals surface area contributed by atoms with E-state index >= 15 is 0 Å². The van der Waals surface area contributed by atoms with Gasteiger partial charge in [-0.05, 0) is 48.7 Å². The summed E-state index contributed by atoms with van der Waals surface area (Å²) in [6.45, 7) is -0.477. The molecular formula is C24H23N3O4. The third-order valence-electron chi connectivity index (χ3n) is 4.93. The lowest BCUT2D eigenvalue weighted by molar-refractivity contribution is -0.142. The molecule has 2 amide bonds. The topological polar surface area (TPSA) is 108 Å². The number of carbonyl (C=O) groups excluding carboxylic acids is 3. The average Bonchev–Trinajstić information content (AvgIpc) is 3.30. The first kappa shape index (κ1) is 21.8. The Kier molecular flexibility index (Phi) is 7.55. The molecule has 1 saturated carbocycles. The first-order valence-corrected chi connectivity index (χ1v) is 10.1. The Morgan fingerprint density at radius 1 is 1.06 bits per heavy atom. The van der Waals surface area contributed by atoms with Gasteiger partial charge in [-0.15, -0.1) is 0 Å². The number of nitrogens with zero attached hydrogens (tertiary/aromatic N) is 1. The van der Waals surface area contributed by atoms with Crippen LogP contribution in [0.1, 0.15) is 47.2 Å². The summed E-state index contributed by atoms with van der Waals surface area (Å²) >= 11 is 0. The molecule has 0 aromatic heterocycles. The van der Waals surface area contributed by atoms with Gasteiger partial charge in [-0.25, -0.2) is 4.79 Å². The van der Waals surface area contributed by atoms with Crippen molar-refractivity contribution in [3.8, 4) is 6.07 Å². The Labute approximate surface area is 180 Å². The summed E-state index contributed by atoms with van der Waals surface area (Å²) in [5.74, 6) is -1.45. The van der Waals surface area contributed by atoms with E-state index < -0.39 is 18.5 Å². The number of ether oxygens (including phenoxy) is 1. The van der Waals surface area contributed by atoms with Crippen molar-refractivity contribution in [3.63, 3.8) is 0 Å². The van der Waals surface area contributed by atoms with Gasteiger partial charge in [-0.2, -0.15) is 5.26 Å². The highest BCUT2D eigenvalue weighted by Gasteiger charge is 2.20. The van der Waals surface area contributed by atoms with Gasteiger partial charge >= 0.3 is 5.97 Å². The number of esters is 1. The number of rotatable bonds is 7. The number of hydrogen-bond donors (Lipinski definition) is 2. The zero-order valence-electron chi connectivity index (χ0n) is 17.0. The minimum Gasteiger partial charge on any atom is -0.452 e. The van der Waals surface area contributed by atoms with Gasteiger partial charge in [0.15, 0.2) is 6.61 Å². The van der Waals surface area contributed by atoms with Crippen LogP contribution in [-0.2, 0) is 14.3 Å². The molecule has 31 heavy (non-hydrogen) atoms. The molecule has 1 fully saturated rings. The second-order valence-corrected chi connectivity index (χ2v) is 7.22. The van der Waals surface area contributed by atoms with Crippen LogP contribution in [0.5, 0.6) is 0 Å². The lowest BCUT2D eigenvalue weighted by atomic mass is 10.1. The van der Waals surface area contributed by atoms with Crippen molar-refractivity contribution >= 4 is 29.5 Å². The number of anilines is 1. The number of para-hydroxylation sites is 1. The molecule has 2 N–H and O–H groups in total. The fourth-order valence-electron chi connectivity index (χ4n) is 3.33. The summed E-state index contributed by atoms with van der Waals surface area (Å²) in [6, 6.07) is 15.6. The van der Waals surface area contributed by atoms with E-state index in [4.69, 9.17) is 10.00 Å². The molecule has 0 spiro atoms. The van der Waals surface area contributed by atoms with Crippen molar-refractivity contribution < 1.29 is 19.1 Å². The lowest BCUT2D eigenvalue weighted by Crippen LogP contribution is -2.33. The molecule has 0 saturated heterocycles. The van der Waals surface area contributed by atoms with E-state index in [2.05, 4.69) is 10.6 Å². The van der Waals surface area contributed by atoms with E-state index in [1.165, 1.54) is 12.2 Å². The summed E-state index contributed by atoms with van der Waals surface area (Å²) in [4.78, 5) is 36.6. The third kappa shape index (κ3) is 6.54. The molecule has 3 rings (SSSR count). The van der Waals surface area contributed by atoms with Gasteiger partial charge in [-0.1, -0.05) is 37.1 Å². The standard InChI is InChI=1S/C24H23N3O4/c25-15-18-11-9-17(10-12-18)13-14-23(29)31-16-22(28)27-21-8-4-3-7-20(21)24(30)26-19-5-1-2-6-19/h3-4,7-14,19H,1-2,5-6,16H2,(H,26,30)(H,27,28)/b14-13+. The summed E-state index contributed by atoms with van der Waals surface area (Å²) in [7, 11) is 0. The van der Waals surface area contributed by atoms with Crippen LogP contribution in [-0.4, -0.2) is 30.4 Å². The van der Waals surface area contributed by atoms with Gasteiger partial charge in [-0.3, -0.25) is 9.59 Å². The van der Waals surface area contributed by atoms with Crippen molar-refractivity contribution in [2.75, 3.05) is 11.9 Å². The monoisotopic (exact) mass is 417 g/mol. The fraction of sp³-hybridized carbons (Fsp3) is 0.250. The zero-order valence-corrected chi connectivity index (χ0v) is 17.0. The first-order valence-electron chi connectivity index (χ1n) is 10.1. The second kappa shape index (κ2) is 10.7. The normalized spacial score (nSPS) is 13.5. The summed E-state index contributed by atoms with van der Waals surface area (Å²) in [5.41, 5.74) is 1.98. The van der Waals surface area contributed by atoms with E-state index in [0.717, 1.165) is 31.2 Å². The van der Waals surface area contributed by atoms with Crippen LogP contribution in [0.25, 0.3) is 6.08 Å². The maximum atomic E-state index is 12.6. The average molecular weight is 417 g/mol. The minimum absolute atomic E-state index is 0.167. The molecule has 0 atom stereocenters. The molecule has 2 aromatic carbocycles. The van der Waals surface area contributed by atoms with Gasteiger partial charge in [0.2, 0.25) is 0 Å². The third-order valence-corrected chi connectivity index (χ3v) is 4.93. The molecule has 7 heteroatoms. The molecule has 1 aliphatic carbocycles. The highest BCUT2D eigenvalue weighted by Crippen LogP contribution is 2.20. The van der Waals surface area contributed by atoms with E-state index in [-0.39, 0.29) is 11.9 Å². The smallest absolute Gasteiger partial charge is 0.331 e. The predicted octanol–water partition coefficient (Wildman–Crippen LogP) is 3.43. The van der Waals surface area contributed by atoms with Crippen LogP contribution >= 0.6 is 0 Å². The van der Waals surface area contributed by atoms with Crippen LogP contribution in [0, 0.1) is 11.3 Å². The quantitative estimate of drug-likeness (QED) is 0.530. The van der Waals surface area contributed by atoms with Gasteiger partial charge in [0.1, 0.15) is 0 Å². The summed E-state index contributed by atoms with van der Waals surface area (Å²) in [5, 5.41) is 14.4. The van der Waals surface area contributed by atoms with E-state index in [1.807, 2.05) is 6.07 Å². The van der Waals surface area contributed by atoms with Crippen LogP contribution in [0.15, 0.2) is 54.6 Å². The largest absolute Gasteiger partial charge is 0.452 e. The van der Waals surface area contributed by atoms with Crippen LogP contribution < -0.4 is 10.6 Å². The minimum atomic E-state index is -0.674. The molecule has 0 heterocycles. The maximum absolute atomic E-state index is 12.6. The molecule has 0 bridgehead atoms. The number of amides is 2. The Morgan fingerprint density at radius 3 is 2.48 bits per heavy atom. The van der Waals surface area contributed by atoms with Crippen molar-refractivity contribution in [2.24, 2.45) is 0 Å². The Hall–Kier alpha value is -3.92. The van der Waals surface area contributed by atoms with Crippen molar-refractivity contribution in [1.29, 1.82) is 5.26 Å². The molecule has 2 aromatic rings. The van der Waals surface area contributed by atoms with Crippen LogP contribution in [0.3, 0.4) is 0 Å². The molecular weight excluding hydrogens is 394 g/mol. The SMILES string of the molecule is N#Cc1ccc(/C=C/C(=O)OCC(=O)Nc2ccccc2C(=O)NC2CCCC2)cc1. The molecule has 158 valence electrons. The van der Waals surface area contributed by atoms with E-state index in [0.29, 0.717) is 16.8 Å². The number of carbonyl (C=O) groups is 3. The van der Waals surface area contributed by atoms with Gasteiger partial charge < -0.3 is 15.4 Å². The van der Waals surface area contributed by atoms with Gasteiger partial charge in [0.25, 0.3) is 11.8 Å². The number of hydrogen-bond acceptors (Lipinski definition) is 5. The molecule has 0 aliphatic heterocycles. The van der Waals surface area contributed by atoms with Gasteiger partial charge in [0, 0.05) is 12.1 Å². The predicted molar refractivity (Wildman–Crippen MR) is 116 cm³/mol. The maximum Gasteiger partial charge on any atom is 0.331 e. The van der Waals surface area contributed by atoms with E-state index in [9.17, 15) is 14.4 Å². The highest BCUT2D eigenvalue weighted by molar-refractivity contribution is 6.04. The molecule has 0 radical (unpaired) electrons. The van der Waals surface area contributed by atoms with Crippen molar-refractivity contribution in [2.45, 2.75) is 31.7 Å². The van der Waals surface area contributed by atoms with Crippen LogP contribution in [0.4, 0.5) is 5.69 Å². The van der Waals surface area contributed by atoms with Crippen LogP contribution in [0.2, 0.25) is 0 Å². The Balaban J connectivity index is 1.51. The fourth-order valence-corrected chi connectivity index (χ4v) is 3.33. The molecule has 7 nitrogen and oxygen atoms in total. The Bertz CT molecular complexity index is 1020. The van der Waals surface area contributed by atoms with E-state index in [1.54, 1.807) is 48.5 Å². The molecule has 1 aliphatic rings. The lowest BCUT2D eigenvalue weighted by Gasteiger charge is -2.15. The second-order valence-electron chi connectivity index (χ2n) is 7.22. The van der Waals surface area contributed by atoms with Crippen molar-refractivity contribution in [1.82, 2.24) is 5.32 Å². The van der Waals surface area contributed by atoms with Crippen molar-refractivity contribution in [3.05, 3.63) is 71.3 Å². The number of nitriles is 1. The summed E-state index contributed by atoms with van der Waals surface area (Å²) in [6.07, 6.45) is 6.88. The number of benzene rings is 2. The highest BCUT2D eigenvalue weighted by atomic mass is 16.5.